The van der Waals surface area contributed by atoms with Crippen molar-refractivity contribution in [3.05, 3.63) is 29.8 Å². The van der Waals surface area contributed by atoms with Gasteiger partial charge in [-0.2, -0.15) is 0 Å². The number of halogens is 1. The Hall–Kier alpha value is -1.02. The Morgan fingerprint density at radius 1 is 1.26 bits per heavy atom. The summed E-state index contributed by atoms with van der Waals surface area (Å²) in [7, 11) is 3.64. The van der Waals surface area contributed by atoms with Crippen molar-refractivity contribution in [2.45, 2.75) is 38.6 Å². The van der Waals surface area contributed by atoms with E-state index in [1.165, 1.54) is 44.3 Å². The topological polar surface area (TPSA) is 40.1 Å². The number of ether oxygens (including phenoxy) is 1. The maximum absolute atomic E-state index is 5.45. The Morgan fingerprint density at radius 3 is 2.70 bits per heavy atom. The number of nitrogens with one attached hydrogen (secondary N) is 1. The highest BCUT2D eigenvalue weighted by Gasteiger charge is 2.25. The summed E-state index contributed by atoms with van der Waals surface area (Å²) in [6, 6.07) is 8.87. The summed E-state index contributed by atoms with van der Waals surface area (Å²) < 4.78 is 5.45. The highest BCUT2D eigenvalue weighted by molar-refractivity contribution is 14.0. The third kappa shape index (κ3) is 5.98. The third-order valence-corrected chi connectivity index (χ3v) is 5.68. The molecule has 2 aliphatic heterocycles. The van der Waals surface area contributed by atoms with Crippen LogP contribution in [-0.4, -0.2) is 62.6 Å². The first-order valence-electron chi connectivity index (χ1n) is 10.0. The first-order chi connectivity index (χ1) is 12.7. The minimum Gasteiger partial charge on any atom is -0.497 e. The van der Waals surface area contributed by atoms with Crippen molar-refractivity contribution in [1.82, 2.24) is 15.1 Å². The maximum atomic E-state index is 5.45. The predicted octanol–water partition coefficient (Wildman–Crippen LogP) is 3.76. The summed E-state index contributed by atoms with van der Waals surface area (Å²) in [5, 5.41) is 3.67. The molecular weight excluding hydrogens is 451 g/mol. The van der Waals surface area contributed by atoms with Crippen LogP contribution < -0.4 is 10.1 Å². The number of piperidine rings is 1. The van der Waals surface area contributed by atoms with Gasteiger partial charge >= 0.3 is 0 Å². The summed E-state index contributed by atoms with van der Waals surface area (Å²) in [5.41, 5.74) is 1.32. The zero-order valence-electron chi connectivity index (χ0n) is 17.0. The molecule has 1 aromatic rings. The second kappa shape index (κ2) is 11.1. The van der Waals surface area contributed by atoms with E-state index in [1.54, 1.807) is 7.11 Å². The van der Waals surface area contributed by atoms with Gasteiger partial charge in [-0.25, -0.2) is 0 Å². The lowest BCUT2D eigenvalue weighted by molar-refractivity contribution is 0.235. The third-order valence-electron chi connectivity index (χ3n) is 5.68. The monoisotopic (exact) mass is 486 g/mol. The number of nitrogens with zero attached hydrogens (tertiary/aromatic N) is 3. The Balaban J connectivity index is 0.00000261. The lowest BCUT2D eigenvalue weighted by Gasteiger charge is -2.35. The van der Waals surface area contributed by atoms with Gasteiger partial charge in [-0.1, -0.05) is 19.1 Å². The highest BCUT2D eigenvalue weighted by atomic mass is 127. The molecule has 2 heterocycles. The van der Waals surface area contributed by atoms with E-state index in [0.29, 0.717) is 6.04 Å². The minimum absolute atomic E-state index is 0. The van der Waals surface area contributed by atoms with E-state index >= 15 is 0 Å². The second-order valence-electron chi connectivity index (χ2n) is 7.66. The van der Waals surface area contributed by atoms with Crippen molar-refractivity contribution in [2.24, 2.45) is 10.9 Å². The summed E-state index contributed by atoms with van der Waals surface area (Å²) in [6.07, 6.45) is 5.17. The molecule has 2 unspecified atom stereocenters. The van der Waals surface area contributed by atoms with Crippen molar-refractivity contribution in [1.29, 1.82) is 0 Å². The number of methoxy groups -OCH3 is 1. The largest absolute Gasteiger partial charge is 0.497 e. The van der Waals surface area contributed by atoms with Crippen LogP contribution in [0.3, 0.4) is 0 Å². The molecule has 152 valence electrons. The molecule has 1 aromatic carbocycles. The Kier molecular flexibility index (Phi) is 9.15. The van der Waals surface area contributed by atoms with Gasteiger partial charge in [0.2, 0.25) is 0 Å². The van der Waals surface area contributed by atoms with E-state index < -0.39 is 0 Å². The minimum atomic E-state index is 0. The summed E-state index contributed by atoms with van der Waals surface area (Å²) in [5.74, 6) is 2.72. The quantitative estimate of drug-likeness (QED) is 0.391. The number of likely N-dealkylation sites (tertiary alicyclic amines) is 2. The van der Waals surface area contributed by atoms with Crippen LogP contribution in [0.25, 0.3) is 0 Å². The van der Waals surface area contributed by atoms with Crippen molar-refractivity contribution < 1.29 is 4.74 Å². The van der Waals surface area contributed by atoms with Gasteiger partial charge in [0, 0.05) is 26.7 Å². The number of hydrogen-bond acceptors (Lipinski definition) is 3. The van der Waals surface area contributed by atoms with E-state index in [0.717, 1.165) is 37.3 Å². The molecule has 3 rings (SSSR count). The number of aliphatic imine (C=N–C) groups is 1. The van der Waals surface area contributed by atoms with Crippen LogP contribution >= 0.6 is 24.0 Å². The second-order valence-corrected chi connectivity index (χ2v) is 7.66. The van der Waals surface area contributed by atoms with Gasteiger partial charge in [0.15, 0.2) is 5.96 Å². The molecule has 2 aliphatic rings. The van der Waals surface area contributed by atoms with Crippen LogP contribution in [0.15, 0.2) is 29.3 Å². The zero-order chi connectivity index (χ0) is 18.4. The van der Waals surface area contributed by atoms with Gasteiger partial charge in [-0.3, -0.25) is 9.89 Å². The zero-order valence-corrected chi connectivity index (χ0v) is 19.3. The van der Waals surface area contributed by atoms with Gasteiger partial charge < -0.3 is 15.0 Å². The molecule has 0 spiro atoms. The molecule has 0 saturated carbocycles. The fourth-order valence-electron chi connectivity index (χ4n) is 4.26. The highest BCUT2D eigenvalue weighted by Crippen LogP contribution is 2.27. The van der Waals surface area contributed by atoms with E-state index in [1.807, 2.05) is 13.1 Å². The van der Waals surface area contributed by atoms with Crippen LogP contribution in [0.5, 0.6) is 5.75 Å². The van der Waals surface area contributed by atoms with Crippen molar-refractivity contribution in [2.75, 3.05) is 46.9 Å². The maximum Gasteiger partial charge on any atom is 0.193 e. The molecule has 0 aliphatic carbocycles. The molecule has 1 N–H and O–H groups in total. The molecular formula is C21H35IN4O. The van der Waals surface area contributed by atoms with Gasteiger partial charge in [-0.15, -0.1) is 24.0 Å². The average molecular weight is 486 g/mol. The van der Waals surface area contributed by atoms with Crippen LogP contribution in [0.4, 0.5) is 0 Å². The molecule has 0 bridgehead atoms. The normalized spacial score (nSPS) is 22.3. The first kappa shape index (κ1) is 22.3. The van der Waals surface area contributed by atoms with Crippen LogP contribution in [-0.2, 0) is 0 Å². The molecule has 2 atom stereocenters. The molecule has 2 fully saturated rings. The lowest BCUT2D eigenvalue weighted by atomic mass is 10.0. The van der Waals surface area contributed by atoms with Gasteiger partial charge in [0.05, 0.1) is 13.2 Å². The van der Waals surface area contributed by atoms with Crippen molar-refractivity contribution in [3.8, 4) is 5.75 Å². The Labute approximate surface area is 181 Å². The summed E-state index contributed by atoms with van der Waals surface area (Å²) in [6.45, 7) is 7.77. The average Bonchev–Trinajstić information content (AvgIpc) is 3.19. The molecule has 2 saturated heterocycles. The van der Waals surface area contributed by atoms with Crippen LogP contribution in [0.2, 0.25) is 0 Å². The van der Waals surface area contributed by atoms with Crippen LogP contribution in [0, 0.1) is 5.92 Å². The fourth-order valence-corrected chi connectivity index (χ4v) is 4.26. The summed E-state index contributed by atoms with van der Waals surface area (Å²) >= 11 is 0. The standard InChI is InChI=1S/C21H34N4O.HI/c1-17-8-7-13-25(16-17)21(22-2)23-15-20(24-11-4-5-12-24)18-9-6-10-19(14-18)26-3;/h6,9-10,14,17,20H,4-5,7-8,11-13,15-16H2,1-3H3,(H,22,23);1H. The lowest BCUT2D eigenvalue weighted by Crippen LogP contribution is -2.48. The molecule has 6 heteroatoms. The smallest absolute Gasteiger partial charge is 0.193 e. The van der Waals surface area contributed by atoms with E-state index in [2.05, 4.69) is 45.2 Å². The van der Waals surface area contributed by atoms with Gasteiger partial charge in [0.25, 0.3) is 0 Å². The Morgan fingerprint density at radius 2 is 2.04 bits per heavy atom. The van der Waals surface area contributed by atoms with Gasteiger partial charge in [-0.05, 0) is 62.4 Å². The Bertz CT molecular complexity index is 604. The van der Waals surface area contributed by atoms with E-state index in [9.17, 15) is 0 Å². The number of benzene rings is 1. The van der Waals surface area contributed by atoms with E-state index in [-0.39, 0.29) is 24.0 Å². The van der Waals surface area contributed by atoms with Gasteiger partial charge in [0.1, 0.15) is 5.75 Å². The first-order valence-corrected chi connectivity index (χ1v) is 10.0. The molecule has 0 radical (unpaired) electrons. The number of hydrogen-bond donors (Lipinski definition) is 1. The number of rotatable bonds is 5. The molecule has 27 heavy (non-hydrogen) atoms. The number of guanidine groups is 1. The van der Waals surface area contributed by atoms with Crippen LogP contribution in [0.1, 0.15) is 44.2 Å². The van der Waals surface area contributed by atoms with Crippen molar-refractivity contribution in [3.63, 3.8) is 0 Å². The fraction of sp³-hybridized carbons (Fsp3) is 0.667. The summed E-state index contributed by atoms with van der Waals surface area (Å²) in [4.78, 5) is 9.57. The predicted molar refractivity (Wildman–Crippen MR) is 123 cm³/mol. The van der Waals surface area contributed by atoms with Crippen molar-refractivity contribution >= 4 is 29.9 Å². The molecule has 0 amide bonds. The molecule has 5 nitrogen and oxygen atoms in total. The van der Waals surface area contributed by atoms with E-state index in [4.69, 9.17) is 4.74 Å². The molecule has 0 aromatic heterocycles. The SMILES string of the molecule is CN=C(NCC(c1cccc(OC)c1)N1CCCC1)N1CCCC(C)C1.I.